The van der Waals surface area contributed by atoms with Gasteiger partial charge >= 0.3 is 6.18 Å². The molecule has 150 valence electrons. The number of hydrogen-bond donors (Lipinski definition) is 2. The van der Waals surface area contributed by atoms with Crippen LogP contribution in [0, 0.1) is 0 Å². The third kappa shape index (κ3) is 5.11. The Hall–Kier alpha value is -2.39. The van der Waals surface area contributed by atoms with Gasteiger partial charge in [-0.15, -0.1) is 0 Å². The van der Waals surface area contributed by atoms with Crippen LogP contribution in [0.5, 0.6) is 0 Å². The Balaban J connectivity index is 1.81. The molecule has 0 unspecified atom stereocenters. The smallest absolute Gasteiger partial charge is 0.329 e. The number of nitrogens with two attached hydrogens (primary N) is 1. The van der Waals surface area contributed by atoms with E-state index in [1.165, 1.54) is 12.1 Å². The highest BCUT2D eigenvalue weighted by Gasteiger charge is 2.36. The van der Waals surface area contributed by atoms with Crippen molar-refractivity contribution in [1.29, 1.82) is 0 Å². The molecule has 1 heterocycles. The second kappa shape index (κ2) is 7.92. The minimum absolute atomic E-state index is 0.0207. The fourth-order valence-electron chi connectivity index (χ4n) is 3.25. The molecule has 0 spiro atoms. The van der Waals surface area contributed by atoms with Gasteiger partial charge in [0.1, 0.15) is 11.8 Å². The van der Waals surface area contributed by atoms with Crippen LogP contribution in [0.2, 0.25) is 0 Å². The number of carbonyl (C=O) groups is 1. The Morgan fingerprint density at radius 3 is 2.43 bits per heavy atom. The summed E-state index contributed by atoms with van der Waals surface area (Å²) in [5.74, 6) is -0.451. The largest absolute Gasteiger partial charge is 0.416 e. The molecule has 0 aromatic heterocycles. The van der Waals surface area contributed by atoms with Gasteiger partial charge in [-0.05, 0) is 18.2 Å². The third-order valence-corrected chi connectivity index (χ3v) is 6.42. The molecule has 1 saturated heterocycles. The molecular formula is C19H20F3N2O3S+. The zero-order valence-corrected chi connectivity index (χ0v) is 15.6. The fraction of sp³-hybridized carbons (Fsp3) is 0.316. The van der Waals surface area contributed by atoms with Crippen molar-refractivity contribution in [2.24, 2.45) is 0 Å². The van der Waals surface area contributed by atoms with Crippen molar-refractivity contribution >= 4 is 21.4 Å². The van der Waals surface area contributed by atoms with E-state index in [0.29, 0.717) is 12.0 Å². The number of carbonyl (C=O) groups excluding carboxylic acids is 1. The van der Waals surface area contributed by atoms with E-state index >= 15 is 0 Å². The molecular weight excluding hydrogens is 393 g/mol. The van der Waals surface area contributed by atoms with E-state index in [1.807, 2.05) is 0 Å². The predicted molar refractivity (Wildman–Crippen MR) is 98.2 cm³/mol. The van der Waals surface area contributed by atoms with Gasteiger partial charge in [-0.3, -0.25) is 4.79 Å². The first-order valence-electron chi connectivity index (χ1n) is 8.72. The quantitative estimate of drug-likeness (QED) is 0.788. The molecule has 2 aromatic rings. The summed E-state index contributed by atoms with van der Waals surface area (Å²) in [6.45, 7) is 0. The number of nitrogens with one attached hydrogen (secondary N) is 1. The van der Waals surface area contributed by atoms with Gasteiger partial charge in [0.2, 0.25) is 0 Å². The van der Waals surface area contributed by atoms with E-state index in [2.05, 4.69) is 5.32 Å². The van der Waals surface area contributed by atoms with Gasteiger partial charge in [-0.2, -0.15) is 13.2 Å². The topological polar surface area (TPSA) is 79.8 Å². The van der Waals surface area contributed by atoms with Crippen molar-refractivity contribution in [3.63, 3.8) is 0 Å². The maximum absolute atomic E-state index is 12.9. The van der Waals surface area contributed by atoms with Crippen LogP contribution in [-0.2, 0) is 20.8 Å². The summed E-state index contributed by atoms with van der Waals surface area (Å²) >= 11 is 0. The van der Waals surface area contributed by atoms with Crippen LogP contribution in [0.3, 0.4) is 0 Å². The van der Waals surface area contributed by atoms with E-state index in [9.17, 15) is 26.4 Å². The lowest BCUT2D eigenvalue weighted by Crippen LogP contribution is -2.93. The van der Waals surface area contributed by atoms with Gasteiger partial charge in [0, 0.05) is 17.7 Å². The summed E-state index contributed by atoms with van der Waals surface area (Å²) in [5.41, 5.74) is -0.170. The number of quaternary nitrogens is 1. The lowest BCUT2D eigenvalue weighted by Gasteiger charge is -2.19. The Labute approximate surface area is 160 Å². The number of amides is 1. The summed E-state index contributed by atoms with van der Waals surface area (Å²) in [6, 6.07) is 12.1. The Morgan fingerprint density at radius 2 is 1.82 bits per heavy atom. The number of halogens is 3. The predicted octanol–water partition coefficient (Wildman–Crippen LogP) is 2.14. The zero-order valence-electron chi connectivity index (χ0n) is 14.8. The minimum Gasteiger partial charge on any atom is -0.329 e. The zero-order chi connectivity index (χ0) is 20.4. The maximum Gasteiger partial charge on any atom is 0.416 e. The number of rotatable bonds is 5. The summed E-state index contributed by atoms with van der Waals surface area (Å²) in [5, 5.41) is 4.21. The summed E-state index contributed by atoms with van der Waals surface area (Å²) in [6.07, 6.45) is -4.08. The second-order valence-electron chi connectivity index (χ2n) is 6.81. The first-order valence-corrected chi connectivity index (χ1v) is 10.5. The Kier molecular flexibility index (Phi) is 5.76. The highest BCUT2D eigenvalue weighted by molar-refractivity contribution is 7.91. The lowest BCUT2D eigenvalue weighted by atomic mass is 10.0. The summed E-state index contributed by atoms with van der Waals surface area (Å²) in [4.78, 5) is 12.9. The molecule has 1 fully saturated rings. The molecule has 1 amide bonds. The number of benzene rings is 2. The third-order valence-electron chi connectivity index (χ3n) is 4.63. The summed E-state index contributed by atoms with van der Waals surface area (Å²) < 4.78 is 62.1. The van der Waals surface area contributed by atoms with Crippen molar-refractivity contribution in [1.82, 2.24) is 0 Å². The molecule has 3 rings (SSSR count). The number of sulfone groups is 1. The van der Waals surface area contributed by atoms with Gasteiger partial charge in [-0.1, -0.05) is 36.4 Å². The van der Waals surface area contributed by atoms with Crippen molar-refractivity contribution in [3.8, 4) is 0 Å². The maximum atomic E-state index is 12.9. The molecule has 0 bridgehead atoms. The van der Waals surface area contributed by atoms with Gasteiger partial charge in [0.05, 0.1) is 11.3 Å². The number of anilines is 1. The van der Waals surface area contributed by atoms with Gasteiger partial charge in [0.25, 0.3) is 5.91 Å². The van der Waals surface area contributed by atoms with E-state index in [4.69, 9.17) is 0 Å². The molecule has 5 nitrogen and oxygen atoms in total. The normalized spacial score (nSPS) is 19.9. The molecule has 2 aromatic carbocycles. The standard InChI is InChI=1S/C19H19F3N2O3S/c20-19(21,22)14-7-4-8-15(11-14)24-18(25)17(13-5-2-1-3-6-13)23-16-9-10-28(26,27)12-16/h1-8,11,16-17,23H,9-10,12H2,(H,24,25)/p+1/t16-,17+/m1/s1. The Morgan fingerprint density at radius 1 is 1.11 bits per heavy atom. The highest BCUT2D eigenvalue weighted by Crippen LogP contribution is 2.30. The number of alkyl halides is 3. The molecule has 0 saturated carbocycles. The molecule has 28 heavy (non-hydrogen) atoms. The minimum atomic E-state index is -4.51. The summed E-state index contributed by atoms with van der Waals surface area (Å²) in [7, 11) is -3.12. The van der Waals surface area contributed by atoms with E-state index in [-0.39, 0.29) is 23.2 Å². The SMILES string of the molecule is O=C(Nc1cccc(C(F)(F)F)c1)[C@@H]([NH2+][C@@H]1CCS(=O)(=O)C1)c1ccccc1. The van der Waals surface area contributed by atoms with E-state index < -0.39 is 33.5 Å². The van der Waals surface area contributed by atoms with Crippen LogP contribution < -0.4 is 10.6 Å². The van der Waals surface area contributed by atoms with Crippen LogP contribution in [0.15, 0.2) is 54.6 Å². The molecule has 0 aliphatic carbocycles. The van der Waals surface area contributed by atoms with Crippen LogP contribution >= 0.6 is 0 Å². The molecule has 1 aliphatic rings. The van der Waals surface area contributed by atoms with Crippen molar-refractivity contribution < 1.29 is 31.7 Å². The first-order chi connectivity index (χ1) is 13.1. The second-order valence-corrected chi connectivity index (χ2v) is 9.04. The van der Waals surface area contributed by atoms with Crippen LogP contribution in [0.4, 0.5) is 18.9 Å². The van der Waals surface area contributed by atoms with Crippen LogP contribution in [-0.4, -0.2) is 31.9 Å². The molecule has 2 atom stereocenters. The lowest BCUT2D eigenvalue weighted by molar-refractivity contribution is -0.710. The van der Waals surface area contributed by atoms with Crippen molar-refractivity contribution in [2.75, 3.05) is 16.8 Å². The first kappa shape index (κ1) is 20.3. The molecule has 0 radical (unpaired) electrons. The van der Waals surface area contributed by atoms with Crippen molar-refractivity contribution in [2.45, 2.75) is 24.7 Å². The monoisotopic (exact) mass is 413 g/mol. The Bertz CT molecular complexity index is 946. The van der Waals surface area contributed by atoms with E-state index in [0.717, 1.165) is 12.1 Å². The van der Waals surface area contributed by atoms with Gasteiger partial charge < -0.3 is 10.6 Å². The highest BCUT2D eigenvalue weighted by atomic mass is 32.2. The molecule has 9 heteroatoms. The van der Waals surface area contributed by atoms with E-state index in [1.54, 1.807) is 35.6 Å². The fourth-order valence-corrected chi connectivity index (χ4v) is 5.01. The molecule has 1 aliphatic heterocycles. The van der Waals surface area contributed by atoms with Crippen LogP contribution in [0.25, 0.3) is 0 Å². The molecule has 3 N–H and O–H groups in total. The number of hydrogen-bond acceptors (Lipinski definition) is 3. The van der Waals surface area contributed by atoms with Gasteiger partial charge in [0.15, 0.2) is 15.9 Å². The average molecular weight is 413 g/mol. The average Bonchev–Trinajstić information content (AvgIpc) is 2.98. The van der Waals surface area contributed by atoms with Gasteiger partial charge in [-0.25, -0.2) is 8.42 Å². The van der Waals surface area contributed by atoms with Crippen LogP contribution in [0.1, 0.15) is 23.6 Å². The van der Waals surface area contributed by atoms with Crippen molar-refractivity contribution in [3.05, 3.63) is 65.7 Å².